The Balaban J connectivity index is 2.80. The number of carbonyl (C=O) groups is 1. The standard InChI is InChI=1S/C11H20O3/c1-8-10(3,7-12)5-6-11(8,4)14-9(2)13/h8,12H,5-7H2,1-4H3. The smallest absolute Gasteiger partial charge is 0.303 e. The Hall–Kier alpha value is -0.570. The summed E-state index contributed by atoms with van der Waals surface area (Å²) in [5, 5.41) is 9.32. The normalized spacial score (nSPS) is 42.5. The molecule has 0 heterocycles. The average Bonchev–Trinajstić information content (AvgIpc) is 2.31. The molecule has 0 amide bonds. The third-order valence-corrected chi connectivity index (χ3v) is 3.89. The molecule has 0 bridgehead atoms. The van der Waals surface area contributed by atoms with Crippen LogP contribution in [0.1, 0.15) is 40.5 Å². The number of hydrogen-bond acceptors (Lipinski definition) is 3. The molecule has 14 heavy (non-hydrogen) atoms. The third kappa shape index (κ3) is 1.78. The van der Waals surface area contributed by atoms with Gasteiger partial charge in [-0.15, -0.1) is 0 Å². The van der Waals surface area contributed by atoms with Crippen LogP contribution in [0.3, 0.4) is 0 Å². The number of aliphatic hydroxyl groups is 1. The maximum absolute atomic E-state index is 11.0. The van der Waals surface area contributed by atoms with Crippen LogP contribution in [0.5, 0.6) is 0 Å². The van der Waals surface area contributed by atoms with Gasteiger partial charge in [0.25, 0.3) is 0 Å². The molecule has 1 N–H and O–H groups in total. The van der Waals surface area contributed by atoms with Crippen LogP contribution in [0.25, 0.3) is 0 Å². The van der Waals surface area contributed by atoms with Crippen molar-refractivity contribution in [2.75, 3.05) is 6.61 Å². The fourth-order valence-electron chi connectivity index (χ4n) is 2.39. The molecule has 0 aromatic rings. The van der Waals surface area contributed by atoms with E-state index in [9.17, 15) is 9.90 Å². The molecule has 1 saturated carbocycles. The van der Waals surface area contributed by atoms with Crippen LogP contribution in [0.15, 0.2) is 0 Å². The number of carbonyl (C=O) groups excluding carboxylic acids is 1. The minimum absolute atomic E-state index is 0.107. The minimum Gasteiger partial charge on any atom is -0.459 e. The molecule has 1 rings (SSSR count). The fourth-order valence-corrected chi connectivity index (χ4v) is 2.39. The predicted molar refractivity (Wildman–Crippen MR) is 53.8 cm³/mol. The van der Waals surface area contributed by atoms with Crippen LogP contribution in [0, 0.1) is 11.3 Å². The van der Waals surface area contributed by atoms with Gasteiger partial charge in [-0.05, 0) is 25.2 Å². The molecule has 0 radical (unpaired) electrons. The van der Waals surface area contributed by atoms with Crippen LogP contribution >= 0.6 is 0 Å². The first-order chi connectivity index (χ1) is 6.34. The molecule has 1 aliphatic carbocycles. The lowest BCUT2D eigenvalue weighted by atomic mass is 9.77. The molecule has 1 aliphatic rings. The first kappa shape index (κ1) is 11.5. The van der Waals surface area contributed by atoms with E-state index in [2.05, 4.69) is 0 Å². The van der Waals surface area contributed by atoms with Crippen molar-refractivity contribution in [3.8, 4) is 0 Å². The molecule has 3 atom stereocenters. The van der Waals surface area contributed by atoms with Crippen molar-refractivity contribution in [1.29, 1.82) is 0 Å². The van der Waals surface area contributed by atoms with Crippen LogP contribution in [-0.4, -0.2) is 23.3 Å². The van der Waals surface area contributed by atoms with E-state index in [4.69, 9.17) is 4.74 Å². The largest absolute Gasteiger partial charge is 0.459 e. The summed E-state index contributed by atoms with van der Waals surface area (Å²) in [6.07, 6.45) is 1.75. The van der Waals surface area contributed by atoms with Crippen molar-refractivity contribution in [2.45, 2.75) is 46.1 Å². The number of hydrogen-bond donors (Lipinski definition) is 1. The molecule has 82 valence electrons. The van der Waals surface area contributed by atoms with Crippen molar-refractivity contribution >= 4 is 5.97 Å². The highest BCUT2D eigenvalue weighted by Gasteiger charge is 2.51. The van der Waals surface area contributed by atoms with Gasteiger partial charge in [0.05, 0.1) is 0 Å². The number of rotatable bonds is 2. The zero-order chi connectivity index (χ0) is 11.0. The summed E-state index contributed by atoms with van der Waals surface area (Å²) < 4.78 is 5.36. The van der Waals surface area contributed by atoms with E-state index >= 15 is 0 Å². The first-order valence-corrected chi connectivity index (χ1v) is 5.14. The van der Waals surface area contributed by atoms with E-state index < -0.39 is 5.60 Å². The molecule has 3 nitrogen and oxygen atoms in total. The van der Waals surface area contributed by atoms with Crippen LogP contribution in [0.2, 0.25) is 0 Å². The van der Waals surface area contributed by atoms with Crippen molar-refractivity contribution < 1.29 is 14.6 Å². The number of aliphatic hydroxyl groups excluding tert-OH is 1. The lowest BCUT2D eigenvalue weighted by molar-refractivity contribution is -0.160. The van der Waals surface area contributed by atoms with Gasteiger partial charge in [0.2, 0.25) is 0 Å². The average molecular weight is 200 g/mol. The Bertz CT molecular complexity index is 239. The van der Waals surface area contributed by atoms with E-state index in [1.807, 2.05) is 20.8 Å². The summed E-state index contributed by atoms with van der Waals surface area (Å²) in [7, 11) is 0. The minimum atomic E-state index is -0.399. The van der Waals surface area contributed by atoms with Gasteiger partial charge < -0.3 is 9.84 Å². The van der Waals surface area contributed by atoms with E-state index in [0.717, 1.165) is 12.8 Å². The second kappa shape index (κ2) is 3.54. The molecule has 0 aromatic heterocycles. The maximum atomic E-state index is 11.0. The molecular weight excluding hydrogens is 180 g/mol. The monoisotopic (exact) mass is 200 g/mol. The second-order valence-corrected chi connectivity index (χ2v) is 4.94. The Morgan fingerprint density at radius 3 is 2.43 bits per heavy atom. The van der Waals surface area contributed by atoms with Gasteiger partial charge in [-0.1, -0.05) is 13.8 Å². The second-order valence-electron chi connectivity index (χ2n) is 4.94. The van der Waals surface area contributed by atoms with Gasteiger partial charge in [-0.3, -0.25) is 4.79 Å². The molecule has 0 aliphatic heterocycles. The summed E-state index contributed by atoms with van der Waals surface area (Å²) in [6, 6.07) is 0. The highest BCUT2D eigenvalue weighted by Crippen LogP contribution is 2.50. The maximum Gasteiger partial charge on any atom is 0.303 e. The number of esters is 1. The van der Waals surface area contributed by atoms with Gasteiger partial charge >= 0.3 is 5.97 Å². The SMILES string of the molecule is CC(=O)OC1(C)CCC(C)(CO)C1C. The Kier molecular flexibility index (Phi) is 2.91. The highest BCUT2D eigenvalue weighted by molar-refractivity contribution is 5.66. The van der Waals surface area contributed by atoms with E-state index in [-0.39, 0.29) is 23.9 Å². The molecule has 0 aromatic carbocycles. The lowest BCUT2D eigenvalue weighted by Crippen LogP contribution is -2.39. The van der Waals surface area contributed by atoms with Gasteiger partial charge in [-0.25, -0.2) is 0 Å². The predicted octanol–water partition coefficient (Wildman–Crippen LogP) is 1.74. The quantitative estimate of drug-likeness (QED) is 0.691. The summed E-state index contributed by atoms with van der Waals surface area (Å²) in [5.41, 5.74) is -0.506. The summed E-state index contributed by atoms with van der Waals surface area (Å²) in [6.45, 7) is 7.65. The number of ether oxygens (including phenoxy) is 1. The molecule has 1 fully saturated rings. The van der Waals surface area contributed by atoms with Gasteiger partial charge in [0.1, 0.15) is 5.60 Å². The van der Waals surface area contributed by atoms with E-state index in [0.29, 0.717) is 0 Å². The molecule has 3 unspecified atom stereocenters. The fraction of sp³-hybridized carbons (Fsp3) is 0.909. The first-order valence-electron chi connectivity index (χ1n) is 5.14. The van der Waals surface area contributed by atoms with E-state index in [1.165, 1.54) is 6.92 Å². The van der Waals surface area contributed by atoms with Crippen molar-refractivity contribution in [1.82, 2.24) is 0 Å². The van der Waals surface area contributed by atoms with Gasteiger partial charge in [0.15, 0.2) is 0 Å². The molecule has 0 spiro atoms. The van der Waals surface area contributed by atoms with Crippen molar-refractivity contribution in [3.05, 3.63) is 0 Å². The summed E-state index contributed by atoms with van der Waals surface area (Å²) in [5.74, 6) is -0.0366. The van der Waals surface area contributed by atoms with Gasteiger partial charge in [0, 0.05) is 19.4 Å². The zero-order valence-electron chi connectivity index (χ0n) is 9.46. The zero-order valence-corrected chi connectivity index (χ0v) is 9.46. The summed E-state index contributed by atoms with van der Waals surface area (Å²) >= 11 is 0. The van der Waals surface area contributed by atoms with E-state index in [1.54, 1.807) is 0 Å². The van der Waals surface area contributed by atoms with Gasteiger partial charge in [-0.2, -0.15) is 0 Å². The Morgan fingerprint density at radius 2 is 2.07 bits per heavy atom. The lowest BCUT2D eigenvalue weighted by Gasteiger charge is -2.35. The third-order valence-electron chi connectivity index (χ3n) is 3.89. The van der Waals surface area contributed by atoms with Crippen molar-refractivity contribution in [3.63, 3.8) is 0 Å². The Morgan fingerprint density at radius 1 is 1.50 bits per heavy atom. The van der Waals surface area contributed by atoms with Crippen LogP contribution in [-0.2, 0) is 9.53 Å². The summed E-state index contributed by atoms with van der Waals surface area (Å²) in [4.78, 5) is 11.0. The Labute approximate surface area is 85.5 Å². The van der Waals surface area contributed by atoms with Crippen LogP contribution < -0.4 is 0 Å². The molecular formula is C11H20O3. The van der Waals surface area contributed by atoms with Crippen molar-refractivity contribution in [2.24, 2.45) is 11.3 Å². The molecule has 0 saturated heterocycles. The van der Waals surface area contributed by atoms with Crippen LogP contribution in [0.4, 0.5) is 0 Å². The molecule has 3 heteroatoms. The topological polar surface area (TPSA) is 46.5 Å². The highest BCUT2D eigenvalue weighted by atomic mass is 16.6.